The summed E-state index contributed by atoms with van der Waals surface area (Å²) in [6.07, 6.45) is 0. The molecule has 0 aromatic heterocycles. The van der Waals surface area contributed by atoms with Gasteiger partial charge < -0.3 is 15.2 Å². The van der Waals surface area contributed by atoms with E-state index in [0.29, 0.717) is 29.7 Å². The molecule has 2 N–H and O–H groups in total. The van der Waals surface area contributed by atoms with Crippen molar-refractivity contribution in [2.24, 2.45) is 5.73 Å². The number of rotatable bonds is 5. The second kappa shape index (κ2) is 6.45. The number of nitrogens with two attached hydrogens (primary N) is 1. The third kappa shape index (κ3) is 3.63. The van der Waals surface area contributed by atoms with Gasteiger partial charge in [-0.3, -0.25) is 0 Å². The fourth-order valence-electron chi connectivity index (χ4n) is 1.68. The lowest BCUT2D eigenvalue weighted by Crippen LogP contribution is -1.96. The summed E-state index contributed by atoms with van der Waals surface area (Å²) in [6.45, 7) is 3.02. The molecule has 0 unspecified atom stereocenters. The summed E-state index contributed by atoms with van der Waals surface area (Å²) in [6, 6.07) is 13.0. The van der Waals surface area contributed by atoms with Gasteiger partial charge in [-0.2, -0.15) is 0 Å². The Morgan fingerprint density at radius 3 is 2.58 bits per heavy atom. The normalized spacial score (nSPS) is 10.3. The number of hydrogen-bond donors (Lipinski definition) is 1. The fraction of sp³-hybridized carbons (Fsp3) is 0.200. The van der Waals surface area contributed by atoms with Crippen molar-refractivity contribution in [3.05, 3.63) is 53.1 Å². The Hall–Kier alpha value is -1.71. The SMILES string of the molecule is CCOc1cccc(Oc2ccc(CN)cc2Cl)c1. The maximum Gasteiger partial charge on any atom is 0.146 e. The number of benzene rings is 2. The Morgan fingerprint density at radius 1 is 1.11 bits per heavy atom. The first-order valence-corrected chi connectivity index (χ1v) is 6.50. The van der Waals surface area contributed by atoms with Gasteiger partial charge >= 0.3 is 0 Å². The molecule has 0 spiro atoms. The van der Waals surface area contributed by atoms with Crippen molar-refractivity contribution >= 4 is 11.6 Å². The van der Waals surface area contributed by atoms with E-state index in [9.17, 15) is 0 Å². The first kappa shape index (κ1) is 13.7. The zero-order valence-corrected chi connectivity index (χ0v) is 11.5. The molecular weight excluding hydrogens is 262 g/mol. The monoisotopic (exact) mass is 277 g/mol. The van der Waals surface area contributed by atoms with Crippen molar-refractivity contribution in [3.8, 4) is 17.2 Å². The highest BCUT2D eigenvalue weighted by Gasteiger charge is 2.05. The topological polar surface area (TPSA) is 44.5 Å². The summed E-state index contributed by atoms with van der Waals surface area (Å²) in [5, 5.41) is 0.546. The summed E-state index contributed by atoms with van der Waals surface area (Å²) in [5.41, 5.74) is 6.53. The Bertz CT molecular complexity index is 558. The molecule has 2 rings (SSSR count). The number of halogens is 1. The highest BCUT2D eigenvalue weighted by molar-refractivity contribution is 6.32. The van der Waals surface area contributed by atoms with Crippen LogP contribution in [0.4, 0.5) is 0 Å². The van der Waals surface area contributed by atoms with Gasteiger partial charge in [0.05, 0.1) is 11.6 Å². The average Bonchev–Trinajstić information content (AvgIpc) is 2.42. The summed E-state index contributed by atoms with van der Waals surface area (Å²) in [4.78, 5) is 0. The van der Waals surface area contributed by atoms with E-state index in [0.717, 1.165) is 11.3 Å². The smallest absolute Gasteiger partial charge is 0.146 e. The largest absolute Gasteiger partial charge is 0.494 e. The Morgan fingerprint density at radius 2 is 1.89 bits per heavy atom. The van der Waals surface area contributed by atoms with Crippen LogP contribution in [0.15, 0.2) is 42.5 Å². The molecule has 0 amide bonds. The Kier molecular flexibility index (Phi) is 4.66. The zero-order chi connectivity index (χ0) is 13.7. The van der Waals surface area contributed by atoms with E-state index in [1.54, 1.807) is 0 Å². The quantitative estimate of drug-likeness (QED) is 0.899. The van der Waals surface area contributed by atoms with Crippen LogP contribution in [0.5, 0.6) is 17.2 Å². The number of ether oxygens (including phenoxy) is 2. The van der Waals surface area contributed by atoms with Gasteiger partial charge in [0, 0.05) is 12.6 Å². The van der Waals surface area contributed by atoms with E-state index >= 15 is 0 Å². The zero-order valence-electron chi connectivity index (χ0n) is 10.7. The molecule has 0 aliphatic rings. The van der Waals surface area contributed by atoms with Crippen LogP contribution in [0.2, 0.25) is 5.02 Å². The predicted molar refractivity (Wildman–Crippen MR) is 77.0 cm³/mol. The molecule has 2 aromatic carbocycles. The first-order chi connectivity index (χ1) is 9.22. The molecule has 3 nitrogen and oxygen atoms in total. The van der Waals surface area contributed by atoms with Gasteiger partial charge in [-0.15, -0.1) is 0 Å². The van der Waals surface area contributed by atoms with Crippen LogP contribution in [0, 0.1) is 0 Å². The van der Waals surface area contributed by atoms with E-state index in [2.05, 4.69) is 0 Å². The van der Waals surface area contributed by atoms with Crippen LogP contribution in [0.1, 0.15) is 12.5 Å². The van der Waals surface area contributed by atoms with Crippen molar-refractivity contribution in [2.75, 3.05) is 6.61 Å². The van der Waals surface area contributed by atoms with Gasteiger partial charge in [-0.25, -0.2) is 0 Å². The summed E-state index contributed by atoms with van der Waals surface area (Å²) in [5.74, 6) is 2.07. The van der Waals surface area contributed by atoms with Crippen molar-refractivity contribution in [3.63, 3.8) is 0 Å². The van der Waals surface area contributed by atoms with E-state index in [4.69, 9.17) is 26.8 Å². The Labute approximate surface area is 117 Å². The van der Waals surface area contributed by atoms with Crippen LogP contribution in [-0.4, -0.2) is 6.61 Å². The third-order valence-electron chi connectivity index (χ3n) is 2.58. The predicted octanol–water partition coefficient (Wildman–Crippen LogP) is 3.99. The third-order valence-corrected chi connectivity index (χ3v) is 2.87. The van der Waals surface area contributed by atoms with E-state index in [1.807, 2.05) is 49.4 Å². The maximum absolute atomic E-state index is 6.15. The van der Waals surface area contributed by atoms with Gasteiger partial charge in [-0.05, 0) is 36.8 Å². The molecule has 0 saturated carbocycles. The molecule has 0 heterocycles. The molecule has 0 bridgehead atoms. The van der Waals surface area contributed by atoms with Crippen molar-refractivity contribution in [1.29, 1.82) is 0 Å². The van der Waals surface area contributed by atoms with Gasteiger partial charge in [-0.1, -0.05) is 23.7 Å². The summed E-state index contributed by atoms with van der Waals surface area (Å²) >= 11 is 6.15. The molecule has 0 atom stereocenters. The molecule has 0 saturated heterocycles. The maximum atomic E-state index is 6.15. The Balaban J connectivity index is 2.18. The van der Waals surface area contributed by atoms with E-state index < -0.39 is 0 Å². The molecule has 0 fully saturated rings. The lowest BCUT2D eigenvalue weighted by atomic mass is 10.2. The molecule has 100 valence electrons. The van der Waals surface area contributed by atoms with Crippen LogP contribution in [-0.2, 0) is 6.54 Å². The van der Waals surface area contributed by atoms with Gasteiger partial charge in [0.25, 0.3) is 0 Å². The van der Waals surface area contributed by atoms with Crippen LogP contribution >= 0.6 is 11.6 Å². The molecule has 19 heavy (non-hydrogen) atoms. The lowest BCUT2D eigenvalue weighted by Gasteiger charge is -2.10. The van der Waals surface area contributed by atoms with Crippen molar-refractivity contribution < 1.29 is 9.47 Å². The highest BCUT2D eigenvalue weighted by atomic mass is 35.5. The second-order valence-electron chi connectivity index (χ2n) is 3.98. The van der Waals surface area contributed by atoms with E-state index in [-0.39, 0.29) is 0 Å². The lowest BCUT2D eigenvalue weighted by molar-refractivity contribution is 0.338. The van der Waals surface area contributed by atoms with Crippen LogP contribution in [0.25, 0.3) is 0 Å². The molecule has 4 heteroatoms. The standard InChI is InChI=1S/C15H16ClNO2/c1-2-18-12-4-3-5-13(9-12)19-15-7-6-11(10-17)8-14(15)16/h3-9H,2,10,17H2,1H3. The first-order valence-electron chi connectivity index (χ1n) is 6.12. The van der Waals surface area contributed by atoms with Gasteiger partial charge in [0.2, 0.25) is 0 Å². The average molecular weight is 278 g/mol. The van der Waals surface area contributed by atoms with Gasteiger partial charge in [0.1, 0.15) is 17.2 Å². The molecule has 0 aliphatic heterocycles. The van der Waals surface area contributed by atoms with Crippen molar-refractivity contribution in [2.45, 2.75) is 13.5 Å². The van der Waals surface area contributed by atoms with Crippen molar-refractivity contribution in [1.82, 2.24) is 0 Å². The second-order valence-corrected chi connectivity index (χ2v) is 4.39. The van der Waals surface area contributed by atoms with Crippen LogP contribution in [0.3, 0.4) is 0 Å². The molecular formula is C15H16ClNO2. The van der Waals surface area contributed by atoms with Gasteiger partial charge in [0.15, 0.2) is 0 Å². The summed E-state index contributed by atoms with van der Waals surface area (Å²) in [7, 11) is 0. The summed E-state index contributed by atoms with van der Waals surface area (Å²) < 4.78 is 11.2. The minimum atomic E-state index is 0.458. The molecule has 0 aliphatic carbocycles. The molecule has 2 aromatic rings. The minimum absolute atomic E-state index is 0.458. The fourth-order valence-corrected chi connectivity index (χ4v) is 1.92. The number of hydrogen-bond acceptors (Lipinski definition) is 3. The van der Waals surface area contributed by atoms with E-state index in [1.165, 1.54) is 0 Å². The molecule has 0 radical (unpaired) electrons. The van der Waals surface area contributed by atoms with Crippen LogP contribution < -0.4 is 15.2 Å². The highest BCUT2D eigenvalue weighted by Crippen LogP contribution is 2.31. The minimum Gasteiger partial charge on any atom is -0.494 e.